The topological polar surface area (TPSA) is 83.6 Å². The molecule has 2 aromatic carbocycles. The van der Waals surface area contributed by atoms with E-state index in [9.17, 15) is 18.0 Å². The molecule has 2 aromatic rings. The number of hydrogen-bond acceptors (Lipinski definition) is 4. The summed E-state index contributed by atoms with van der Waals surface area (Å²) in [6, 6.07) is 16.1. The van der Waals surface area contributed by atoms with Gasteiger partial charge in [-0.1, -0.05) is 49.4 Å². The number of carbonyl (C=O) groups excluding carboxylic acids is 2. The molecule has 0 bridgehead atoms. The molecule has 1 heterocycles. The Bertz CT molecular complexity index is 891. The van der Waals surface area contributed by atoms with Crippen LogP contribution in [0.1, 0.15) is 39.1 Å². The monoisotopic (exact) mass is 372 g/mol. The Morgan fingerprint density at radius 3 is 2.04 bits per heavy atom. The molecule has 0 fully saturated rings. The van der Waals surface area contributed by atoms with Crippen molar-refractivity contribution in [1.29, 1.82) is 0 Å². The number of sulfonamides is 1. The predicted molar refractivity (Wildman–Crippen MR) is 98.5 cm³/mol. The van der Waals surface area contributed by atoms with Gasteiger partial charge in [0.1, 0.15) is 0 Å². The van der Waals surface area contributed by atoms with Crippen LogP contribution in [0.2, 0.25) is 0 Å². The van der Waals surface area contributed by atoms with Gasteiger partial charge in [-0.25, -0.2) is 13.1 Å². The molecule has 2 amide bonds. The first-order valence-electron chi connectivity index (χ1n) is 8.36. The number of hydrogen-bond donors (Lipinski definition) is 1. The van der Waals surface area contributed by atoms with Crippen LogP contribution < -0.4 is 4.72 Å². The maximum Gasteiger partial charge on any atom is 0.261 e. The number of carbonyl (C=O) groups is 2. The Hall–Kier alpha value is -2.51. The van der Waals surface area contributed by atoms with E-state index in [1.54, 1.807) is 24.3 Å². The predicted octanol–water partition coefficient (Wildman–Crippen LogP) is 2.01. The fourth-order valence-electron chi connectivity index (χ4n) is 2.88. The molecule has 1 N–H and O–H groups in total. The minimum atomic E-state index is -3.60. The number of rotatable bonds is 7. The molecule has 26 heavy (non-hydrogen) atoms. The second kappa shape index (κ2) is 7.39. The van der Waals surface area contributed by atoms with Crippen LogP contribution in [-0.2, 0) is 10.0 Å². The summed E-state index contributed by atoms with van der Waals surface area (Å²) < 4.78 is 27.1. The van der Waals surface area contributed by atoms with Crippen molar-refractivity contribution in [2.45, 2.75) is 12.8 Å². The van der Waals surface area contributed by atoms with Gasteiger partial charge in [0.05, 0.1) is 16.9 Å². The van der Waals surface area contributed by atoms with Gasteiger partial charge in [0, 0.05) is 13.1 Å². The molecule has 0 saturated heterocycles. The lowest BCUT2D eigenvalue weighted by molar-refractivity contribution is 0.0664. The Labute approximate surface area is 152 Å². The molecular formula is C19H20N2O4S. The van der Waals surface area contributed by atoms with E-state index in [2.05, 4.69) is 4.72 Å². The van der Waals surface area contributed by atoms with Crippen molar-refractivity contribution in [3.63, 3.8) is 0 Å². The van der Waals surface area contributed by atoms with E-state index < -0.39 is 21.8 Å². The van der Waals surface area contributed by atoms with E-state index in [0.29, 0.717) is 11.1 Å². The fraction of sp³-hybridized carbons (Fsp3) is 0.263. The fourth-order valence-corrected chi connectivity index (χ4v) is 3.95. The van der Waals surface area contributed by atoms with E-state index in [4.69, 9.17) is 0 Å². The Morgan fingerprint density at radius 1 is 0.923 bits per heavy atom. The minimum absolute atomic E-state index is 0.0188. The lowest BCUT2D eigenvalue weighted by Crippen LogP contribution is -2.38. The molecule has 0 radical (unpaired) electrons. The third kappa shape index (κ3) is 3.84. The molecular weight excluding hydrogens is 352 g/mol. The largest absolute Gasteiger partial charge is 0.273 e. The van der Waals surface area contributed by atoms with Crippen LogP contribution in [-0.4, -0.2) is 44.0 Å². The highest BCUT2D eigenvalue weighted by atomic mass is 32.2. The molecule has 1 atom stereocenters. The SMILES string of the molecule is CC(CNS(=O)(=O)CCN1C(=O)c2ccccc2C1=O)c1ccccc1. The van der Waals surface area contributed by atoms with Crippen LogP contribution in [0.15, 0.2) is 54.6 Å². The molecule has 0 spiro atoms. The van der Waals surface area contributed by atoms with Crippen LogP contribution in [0.4, 0.5) is 0 Å². The van der Waals surface area contributed by atoms with E-state index in [1.807, 2.05) is 37.3 Å². The molecule has 0 aliphatic carbocycles. The van der Waals surface area contributed by atoms with Crippen molar-refractivity contribution in [3.05, 3.63) is 71.3 Å². The molecule has 3 rings (SSSR count). The number of nitrogens with zero attached hydrogens (tertiary/aromatic N) is 1. The third-order valence-corrected chi connectivity index (χ3v) is 5.77. The number of benzene rings is 2. The van der Waals surface area contributed by atoms with Gasteiger partial charge in [-0.15, -0.1) is 0 Å². The summed E-state index contributed by atoms with van der Waals surface area (Å²) in [5.41, 5.74) is 1.68. The molecule has 0 saturated carbocycles. The highest BCUT2D eigenvalue weighted by Gasteiger charge is 2.35. The number of fused-ring (bicyclic) bond motifs is 1. The second-order valence-corrected chi connectivity index (χ2v) is 8.21. The molecule has 136 valence electrons. The van der Waals surface area contributed by atoms with Crippen molar-refractivity contribution >= 4 is 21.8 Å². The van der Waals surface area contributed by atoms with Gasteiger partial charge in [0.25, 0.3) is 11.8 Å². The first kappa shape index (κ1) is 18.3. The van der Waals surface area contributed by atoms with E-state index in [-0.39, 0.29) is 24.8 Å². The summed E-state index contributed by atoms with van der Waals surface area (Å²) in [7, 11) is -3.60. The van der Waals surface area contributed by atoms with Crippen molar-refractivity contribution in [1.82, 2.24) is 9.62 Å². The van der Waals surface area contributed by atoms with Crippen molar-refractivity contribution < 1.29 is 18.0 Å². The number of amides is 2. The maximum absolute atomic E-state index is 12.3. The van der Waals surface area contributed by atoms with Gasteiger partial charge >= 0.3 is 0 Å². The zero-order valence-electron chi connectivity index (χ0n) is 14.4. The summed E-state index contributed by atoms with van der Waals surface area (Å²) >= 11 is 0. The second-order valence-electron chi connectivity index (χ2n) is 6.29. The summed E-state index contributed by atoms with van der Waals surface area (Å²) in [5.74, 6) is -1.19. The Kier molecular flexibility index (Phi) is 5.20. The minimum Gasteiger partial charge on any atom is -0.273 e. The molecule has 1 aliphatic heterocycles. The summed E-state index contributed by atoms with van der Waals surface area (Å²) in [5, 5.41) is 0. The molecule has 1 aliphatic rings. The molecule has 1 unspecified atom stereocenters. The normalized spacial score (nSPS) is 15.2. The quantitative estimate of drug-likeness (QED) is 0.754. The standard InChI is InChI=1S/C19H20N2O4S/c1-14(15-7-3-2-4-8-15)13-20-26(24,25)12-11-21-18(22)16-9-5-6-10-17(16)19(21)23/h2-10,14,20H,11-13H2,1H3. The van der Waals surface area contributed by atoms with E-state index >= 15 is 0 Å². The van der Waals surface area contributed by atoms with Crippen molar-refractivity contribution in [2.24, 2.45) is 0 Å². The summed E-state index contributed by atoms with van der Waals surface area (Å²) in [4.78, 5) is 25.5. The first-order chi connectivity index (χ1) is 12.4. The van der Waals surface area contributed by atoms with Gasteiger partial charge < -0.3 is 0 Å². The summed E-state index contributed by atoms with van der Waals surface area (Å²) in [6.07, 6.45) is 0. The van der Waals surface area contributed by atoms with Gasteiger partial charge in [-0.2, -0.15) is 0 Å². The van der Waals surface area contributed by atoms with Crippen LogP contribution in [0.5, 0.6) is 0 Å². The average molecular weight is 372 g/mol. The Balaban J connectivity index is 1.58. The zero-order valence-corrected chi connectivity index (χ0v) is 15.2. The number of imide groups is 1. The third-order valence-electron chi connectivity index (χ3n) is 4.44. The smallest absolute Gasteiger partial charge is 0.261 e. The molecule has 0 aromatic heterocycles. The van der Waals surface area contributed by atoms with Crippen LogP contribution in [0.3, 0.4) is 0 Å². The van der Waals surface area contributed by atoms with Crippen molar-refractivity contribution in [3.8, 4) is 0 Å². The van der Waals surface area contributed by atoms with Gasteiger partial charge in [-0.3, -0.25) is 14.5 Å². The average Bonchev–Trinajstić information content (AvgIpc) is 2.90. The zero-order chi connectivity index (χ0) is 18.7. The van der Waals surface area contributed by atoms with E-state index in [1.165, 1.54) is 0 Å². The summed E-state index contributed by atoms with van der Waals surface area (Å²) in [6.45, 7) is 2.03. The highest BCUT2D eigenvalue weighted by molar-refractivity contribution is 7.89. The first-order valence-corrected chi connectivity index (χ1v) is 10.0. The highest BCUT2D eigenvalue weighted by Crippen LogP contribution is 2.22. The lowest BCUT2D eigenvalue weighted by atomic mass is 10.0. The maximum atomic E-state index is 12.3. The van der Waals surface area contributed by atoms with Crippen LogP contribution in [0, 0.1) is 0 Å². The van der Waals surface area contributed by atoms with Gasteiger partial charge in [0.15, 0.2) is 0 Å². The molecule has 7 heteroatoms. The van der Waals surface area contributed by atoms with Crippen LogP contribution in [0.25, 0.3) is 0 Å². The Morgan fingerprint density at radius 2 is 1.46 bits per heavy atom. The van der Waals surface area contributed by atoms with Crippen LogP contribution >= 0.6 is 0 Å². The van der Waals surface area contributed by atoms with Crippen molar-refractivity contribution in [2.75, 3.05) is 18.8 Å². The molecule has 6 nitrogen and oxygen atoms in total. The van der Waals surface area contributed by atoms with Gasteiger partial charge in [0.2, 0.25) is 10.0 Å². The van der Waals surface area contributed by atoms with E-state index in [0.717, 1.165) is 10.5 Å². The number of nitrogens with one attached hydrogen (secondary N) is 1. The lowest BCUT2D eigenvalue weighted by Gasteiger charge is -2.16. The van der Waals surface area contributed by atoms with Gasteiger partial charge in [-0.05, 0) is 23.6 Å².